The van der Waals surface area contributed by atoms with Gasteiger partial charge in [-0.3, -0.25) is 0 Å². The second kappa shape index (κ2) is 7.53. The van der Waals surface area contributed by atoms with Crippen molar-refractivity contribution in [3.63, 3.8) is 0 Å². The summed E-state index contributed by atoms with van der Waals surface area (Å²) < 4.78 is 63.6. The molecule has 0 fully saturated rings. The van der Waals surface area contributed by atoms with Crippen LogP contribution in [-0.2, 0) is 10.0 Å². The van der Waals surface area contributed by atoms with Crippen molar-refractivity contribution >= 4 is 33.2 Å². The normalized spacial score (nSPS) is 15.0. The third-order valence-electron chi connectivity index (χ3n) is 3.72. The molecule has 0 amide bonds. The monoisotopic (exact) mass is 411 g/mol. The van der Waals surface area contributed by atoms with Crippen molar-refractivity contribution in [3.05, 3.63) is 69.7 Å². The quantitative estimate of drug-likeness (QED) is 0.727. The lowest BCUT2D eigenvalue weighted by Gasteiger charge is -2.27. The van der Waals surface area contributed by atoms with Crippen LogP contribution in [0.25, 0.3) is 0 Å². The van der Waals surface area contributed by atoms with Crippen LogP contribution in [-0.4, -0.2) is 13.9 Å². The van der Waals surface area contributed by atoms with E-state index in [-0.39, 0.29) is 10.6 Å². The molecule has 0 aromatic heterocycles. The molecule has 2 atom stereocenters. The van der Waals surface area contributed by atoms with Crippen molar-refractivity contribution in [1.29, 1.82) is 0 Å². The largest absolute Gasteiger partial charge is 0.511 e. The molecule has 0 aliphatic heterocycles. The van der Waals surface area contributed by atoms with Crippen LogP contribution in [0.5, 0.6) is 0 Å². The molecule has 25 heavy (non-hydrogen) atoms. The summed E-state index contributed by atoms with van der Waals surface area (Å²) in [5, 5.41) is 0.467. The van der Waals surface area contributed by atoms with Crippen LogP contribution in [0, 0.1) is 0 Å². The minimum Gasteiger partial charge on any atom is -0.203 e. The maximum absolute atomic E-state index is 12.8. The lowest BCUT2D eigenvalue weighted by Crippen LogP contribution is -2.40. The van der Waals surface area contributed by atoms with Crippen LogP contribution in [0.1, 0.15) is 30.0 Å². The lowest BCUT2D eigenvalue weighted by molar-refractivity contribution is -0.0451. The van der Waals surface area contributed by atoms with Gasteiger partial charge in [0.2, 0.25) is 0 Å². The standard InChI is InChI=1S/C16H14Cl2F3NO2S/c1-10(11-6-2-4-8-13(11)17)15(12-7-3-5-9-14(12)18)22-25(23,24)16(19,20)21/h2-10,15,22H,1H3/t10-,15+/m1/s1. The number of halogens is 5. The van der Waals surface area contributed by atoms with Crippen LogP contribution >= 0.6 is 23.2 Å². The molecule has 2 rings (SSSR count). The van der Waals surface area contributed by atoms with Crippen LogP contribution in [0.2, 0.25) is 10.0 Å². The summed E-state index contributed by atoms with van der Waals surface area (Å²) in [6.07, 6.45) is 0. The van der Waals surface area contributed by atoms with Crippen LogP contribution in [0.3, 0.4) is 0 Å². The highest BCUT2D eigenvalue weighted by molar-refractivity contribution is 7.90. The fourth-order valence-corrected chi connectivity index (χ4v) is 3.78. The summed E-state index contributed by atoms with van der Waals surface area (Å²) in [6.45, 7) is 1.58. The minimum atomic E-state index is -5.58. The zero-order valence-corrected chi connectivity index (χ0v) is 15.2. The highest BCUT2D eigenvalue weighted by Crippen LogP contribution is 2.38. The molecular formula is C16H14Cl2F3NO2S. The molecule has 0 aliphatic carbocycles. The van der Waals surface area contributed by atoms with Gasteiger partial charge in [0, 0.05) is 16.0 Å². The number of hydrogen-bond acceptors (Lipinski definition) is 2. The Morgan fingerprint density at radius 2 is 1.36 bits per heavy atom. The molecule has 9 heteroatoms. The van der Waals surface area contributed by atoms with E-state index in [0.717, 1.165) is 0 Å². The number of rotatable bonds is 5. The Bertz CT molecular complexity index is 856. The Morgan fingerprint density at radius 1 is 0.920 bits per heavy atom. The van der Waals surface area contributed by atoms with E-state index in [0.29, 0.717) is 10.6 Å². The Labute approximate surface area is 153 Å². The summed E-state index contributed by atoms with van der Waals surface area (Å²) in [6, 6.07) is 11.4. The van der Waals surface area contributed by atoms with Gasteiger partial charge in [-0.15, -0.1) is 0 Å². The molecule has 3 nitrogen and oxygen atoms in total. The SMILES string of the molecule is C[C@H](c1ccccc1Cl)[C@H](NS(=O)(=O)C(F)(F)F)c1ccccc1Cl. The molecule has 2 aromatic rings. The van der Waals surface area contributed by atoms with Gasteiger partial charge < -0.3 is 0 Å². The maximum atomic E-state index is 12.8. The fourth-order valence-electron chi connectivity index (χ4n) is 2.42. The topological polar surface area (TPSA) is 46.2 Å². The third-order valence-corrected chi connectivity index (χ3v) is 5.58. The summed E-state index contributed by atoms with van der Waals surface area (Å²) in [7, 11) is -5.58. The van der Waals surface area contributed by atoms with Crippen molar-refractivity contribution in [2.24, 2.45) is 0 Å². The van der Waals surface area contributed by atoms with Crippen molar-refractivity contribution in [1.82, 2.24) is 4.72 Å². The van der Waals surface area contributed by atoms with Crippen molar-refractivity contribution in [2.45, 2.75) is 24.4 Å². The minimum absolute atomic E-state index is 0.149. The number of nitrogens with one attached hydrogen (secondary N) is 1. The van der Waals surface area contributed by atoms with Gasteiger partial charge in [-0.25, -0.2) is 8.42 Å². The van der Waals surface area contributed by atoms with Crippen molar-refractivity contribution in [2.75, 3.05) is 0 Å². The summed E-state index contributed by atoms with van der Waals surface area (Å²) in [4.78, 5) is 0. The Kier molecular flexibility index (Phi) is 6.04. The average molecular weight is 412 g/mol. The lowest BCUT2D eigenvalue weighted by atomic mass is 9.89. The zero-order chi connectivity index (χ0) is 18.8. The molecule has 0 heterocycles. The molecule has 0 spiro atoms. The zero-order valence-electron chi connectivity index (χ0n) is 12.9. The summed E-state index contributed by atoms with van der Waals surface area (Å²) in [5.74, 6) is -0.703. The highest BCUT2D eigenvalue weighted by atomic mass is 35.5. The molecule has 0 aliphatic rings. The van der Waals surface area contributed by atoms with E-state index in [9.17, 15) is 21.6 Å². The molecule has 136 valence electrons. The Balaban J connectivity index is 2.54. The van der Waals surface area contributed by atoms with Crippen LogP contribution in [0.15, 0.2) is 48.5 Å². The van der Waals surface area contributed by atoms with Gasteiger partial charge >= 0.3 is 15.5 Å². The number of sulfonamides is 1. The van der Waals surface area contributed by atoms with E-state index < -0.39 is 27.5 Å². The second-order valence-corrected chi connectivity index (χ2v) is 7.90. The molecule has 1 N–H and O–H groups in total. The average Bonchev–Trinajstić information content (AvgIpc) is 2.52. The first-order chi connectivity index (χ1) is 11.5. The van der Waals surface area contributed by atoms with E-state index in [4.69, 9.17) is 23.2 Å². The van der Waals surface area contributed by atoms with Crippen LogP contribution in [0.4, 0.5) is 13.2 Å². The van der Waals surface area contributed by atoms with E-state index in [1.807, 2.05) is 0 Å². The maximum Gasteiger partial charge on any atom is 0.511 e. The molecule has 0 saturated heterocycles. The Morgan fingerprint density at radius 3 is 1.80 bits per heavy atom. The Hall–Kier alpha value is -1.28. The third kappa shape index (κ3) is 4.47. The van der Waals surface area contributed by atoms with Gasteiger partial charge in [-0.05, 0) is 23.3 Å². The van der Waals surface area contributed by atoms with E-state index in [1.54, 1.807) is 48.0 Å². The predicted molar refractivity (Wildman–Crippen MR) is 92.2 cm³/mol. The number of benzene rings is 2. The molecule has 0 unspecified atom stereocenters. The predicted octanol–water partition coefficient (Wildman–Crippen LogP) is 5.28. The first-order valence-corrected chi connectivity index (χ1v) is 9.36. The highest BCUT2D eigenvalue weighted by Gasteiger charge is 2.47. The molecule has 0 radical (unpaired) electrons. The van der Waals surface area contributed by atoms with E-state index >= 15 is 0 Å². The van der Waals surface area contributed by atoms with Crippen molar-refractivity contribution in [3.8, 4) is 0 Å². The smallest absolute Gasteiger partial charge is 0.203 e. The van der Waals surface area contributed by atoms with E-state index in [2.05, 4.69) is 0 Å². The molecule has 0 saturated carbocycles. The second-order valence-electron chi connectivity index (χ2n) is 5.38. The molecule has 0 bridgehead atoms. The van der Waals surface area contributed by atoms with Crippen LogP contribution < -0.4 is 4.72 Å². The van der Waals surface area contributed by atoms with Gasteiger partial charge in [-0.1, -0.05) is 66.5 Å². The fraction of sp³-hybridized carbons (Fsp3) is 0.250. The first-order valence-electron chi connectivity index (χ1n) is 7.12. The van der Waals surface area contributed by atoms with Crippen molar-refractivity contribution < 1.29 is 21.6 Å². The summed E-state index contributed by atoms with van der Waals surface area (Å²) in [5.41, 5.74) is -4.71. The van der Waals surface area contributed by atoms with Gasteiger partial charge in [0.1, 0.15) is 0 Å². The summed E-state index contributed by atoms with van der Waals surface area (Å²) >= 11 is 12.2. The van der Waals surface area contributed by atoms with Gasteiger partial charge in [0.05, 0.1) is 6.04 Å². The molecular weight excluding hydrogens is 398 g/mol. The van der Waals surface area contributed by atoms with Gasteiger partial charge in [-0.2, -0.15) is 17.9 Å². The van der Waals surface area contributed by atoms with E-state index in [1.165, 1.54) is 12.1 Å². The number of hydrogen-bond donors (Lipinski definition) is 1. The first kappa shape index (κ1) is 20.0. The molecule has 2 aromatic carbocycles. The van der Waals surface area contributed by atoms with Gasteiger partial charge in [0.25, 0.3) is 0 Å². The van der Waals surface area contributed by atoms with Gasteiger partial charge in [0.15, 0.2) is 0 Å². The number of alkyl halides is 3.